The maximum absolute atomic E-state index is 11.6. The summed E-state index contributed by atoms with van der Waals surface area (Å²) in [5.74, 6) is 1.34. The van der Waals surface area contributed by atoms with Crippen LogP contribution in [0.3, 0.4) is 0 Å². The van der Waals surface area contributed by atoms with Gasteiger partial charge in [0.1, 0.15) is 5.76 Å². The van der Waals surface area contributed by atoms with Gasteiger partial charge in [-0.25, -0.2) is 4.98 Å². The van der Waals surface area contributed by atoms with E-state index in [1.807, 2.05) is 37.4 Å². The van der Waals surface area contributed by atoms with E-state index in [1.165, 1.54) is 6.42 Å². The van der Waals surface area contributed by atoms with E-state index in [-0.39, 0.29) is 5.92 Å². The summed E-state index contributed by atoms with van der Waals surface area (Å²) in [5, 5.41) is 14.6. The number of hydrogen-bond donors (Lipinski definition) is 2. The van der Waals surface area contributed by atoms with Crippen LogP contribution in [0.4, 0.5) is 0 Å². The van der Waals surface area contributed by atoms with Crippen molar-refractivity contribution >= 4 is 0 Å². The number of aliphatic hydroxyl groups is 1. The molecule has 0 radical (unpaired) electrons. The van der Waals surface area contributed by atoms with Gasteiger partial charge in [-0.15, -0.1) is 0 Å². The Morgan fingerprint density at radius 1 is 1.23 bits per heavy atom. The number of oxazole rings is 1. The van der Waals surface area contributed by atoms with E-state index in [0.29, 0.717) is 12.4 Å². The molecule has 2 N–H and O–H groups in total. The van der Waals surface area contributed by atoms with Crippen LogP contribution < -0.4 is 5.32 Å². The topological polar surface area (TPSA) is 58.3 Å². The molecule has 2 aromatic rings. The number of benzene rings is 1. The Hall–Kier alpha value is -1.65. The van der Waals surface area contributed by atoms with Crippen molar-refractivity contribution in [2.24, 2.45) is 5.92 Å². The lowest BCUT2D eigenvalue weighted by Crippen LogP contribution is -2.38. The molecule has 0 aliphatic heterocycles. The van der Waals surface area contributed by atoms with E-state index < -0.39 is 5.60 Å². The summed E-state index contributed by atoms with van der Waals surface area (Å²) in [6, 6.07) is 9.82. The van der Waals surface area contributed by atoms with Crippen molar-refractivity contribution in [3.8, 4) is 0 Å². The Bertz CT molecular complexity index is 590. The normalized spacial score (nSPS) is 19.0. The van der Waals surface area contributed by atoms with Crippen LogP contribution >= 0.6 is 0 Å². The number of rotatable bonds is 5. The van der Waals surface area contributed by atoms with Crippen molar-refractivity contribution in [2.45, 2.75) is 44.2 Å². The van der Waals surface area contributed by atoms with Gasteiger partial charge in [0.25, 0.3) is 0 Å². The summed E-state index contributed by atoms with van der Waals surface area (Å²) >= 11 is 0. The monoisotopic (exact) mass is 300 g/mol. The number of aromatic nitrogens is 1. The molecule has 1 aliphatic carbocycles. The van der Waals surface area contributed by atoms with Gasteiger partial charge >= 0.3 is 0 Å². The van der Waals surface area contributed by atoms with Crippen molar-refractivity contribution < 1.29 is 9.52 Å². The molecule has 0 bridgehead atoms. The molecule has 4 heteroatoms. The van der Waals surface area contributed by atoms with E-state index in [0.717, 1.165) is 37.0 Å². The Labute approximate surface area is 131 Å². The number of nitrogens with one attached hydrogen (secondary N) is 1. The molecule has 4 nitrogen and oxygen atoms in total. The summed E-state index contributed by atoms with van der Waals surface area (Å²) < 4.78 is 5.87. The Kier molecular flexibility index (Phi) is 4.60. The first-order valence-electron chi connectivity index (χ1n) is 8.13. The van der Waals surface area contributed by atoms with Gasteiger partial charge < -0.3 is 14.8 Å². The molecule has 0 saturated heterocycles. The van der Waals surface area contributed by atoms with Gasteiger partial charge in [-0.3, -0.25) is 0 Å². The maximum atomic E-state index is 11.6. The van der Waals surface area contributed by atoms with Crippen molar-refractivity contribution in [3.63, 3.8) is 0 Å². The van der Waals surface area contributed by atoms with E-state index >= 15 is 0 Å². The van der Waals surface area contributed by atoms with Crippen LogP contribution in [-0.2, 0) is 12.1 Å². The van der Waals surface area contributed by atoms with Crippen LogP contribution in [0.2, 0.25) is 0 Å². The molecular formula is C18H24N2O2. The molecule has 1 aliphatic rings. The van der Waals surface area contributed by atoms with Crippen LogP contribution in [0.15, 0.2) is 40.9 Å². The highest BCUT2D eigenvalue weighted by molar-refractivity contribution is 5.30. The van der Waals surface area contributed by atoms with Crippen molar-refractivity contribution in [1.82, 2.24) is 10.3 Å². The highest BCUT2D eigenvalue weighted by Crippen LogP contribution is 2.43. The number of nitrogens with zero attached hydrogens (tertiary/aromatic N) is 1. The van der Waals surface area contributed by atoms with Gasteiger partial charge in [0.15, 0.2) is 5.60 Å². The van der Waals surface area contributed by atoms with E-state index in [9.17, 15) is 5.11 Å². The standard InChI is InChI=1S/C18H24N2O2/c1-19-12-16-13-20-17(22-16)18(21,14-8-4-2-5-9-14)15-10-6-3-7-11-15/h2,4-5,8-9,13,15,19,21H,3,6-7,10-12H2,1H3/t18-/m0/s1. The van der Waals surface area contributed by atoms with E-state index in [1.54, 1.807) is 6.20 Å². The van der Waals surface area contributed by atoms with Gasteiger partial charge in [0.05, 0.1) is 12.7 Å². The first-order chi connectivity index (χ1) is 10.7. The molecule has 0 amide bonds. The molecule has 1 heterocycles. The van der Waals surface area contributed by atoms with Gasteiger partial charge in [0.2, 0.25) is 5.89 Å². The van der Waals surface area contributed by atoms with Crippen molar-refractivity contribution in [3.05, 3.63) is 53.7 Å². The lowest BCUT2D eigenvalue weighted by atomic mass is 9.73. The second kappa shape index (κ2) is 6.63. The second-order valence-electron chi connectivity index (χ2n) is 6.13. The van der Waals surface area contributed by atoms with Crippen LogP contribution in [0, 0.1) is 5.92 Å². The Balaban J connectivity index is 2.01. The van der Waals surface area contributed by atoms with E-state index in [4.69, 9.17) is 4.42 Å². The van der Waals surface area contributed by atoms with Crippen molar-refractivity contribution in [2.75, 3.05) is 7.05 Å². The summed E-state index contributed by atoms with van der Waals surface area (Å²) in [6.07, 6.45) is 7.29. The summed E-state index contributed by atoms with van der Waals surface area (Å²) in [5.41, 5.74) is -0.257. The summed E-state index contributed by atoms with van der Waals surface area (Å²) in [6.45, 7) is 0.614. The third-order valence-corrected chi connectivity index (χ3v) is 4.64. The zero-order valence-electron chi connectivity index (χ0n) is 13.1. The predicted molar refractivity (Wildman–Crippen MR) is 85.3 cm³/mol. The fourth-order valence-electron chi connectivity index (χ4n) is 3.49. The zero-order valence-corrected chi connectivity index (χ0v) is 13.1. The summed E-state index contributed by atoms with van der Waals surface area (Å²) in [7, 11) is 1.87. The fourth-order valence-corrected chi connectivity index (χ4v) is 3.49. The number of hydrogen-bond acceptors (Lipinski definition) is 4. The van der Waals surface area contributed by atoms with Gasteiger partial charge in [-0.1, -0.05) is 49.6 Å². The Morgan fingerprint density at radius 2 is 1.95 bits per heavy atom. The largest absolute Gasteiger partial charge is 0.441 e. The minimum absolute atomic E-state index is 0.157. The lowest BCUT2D eigenvalue weighted by molar-refractivity contribution is -0.0239. The predicted octanol–water partition coefficient (Wildman–Crippen LogP) is 3.21. The van der Waals surface area contributed by atoms with Crippen LogP contribution in [0.5, 0.6) is 0 Å². The zero-order chi connectivity index (χ0) is 15.4. The molecule has 118 valence electrons. The molecule has 3 rings (SSSR count). The van der Waals surface area contributed by atoms with Gasteiger partial charge in [0, 0.05) is 5.92 Å². The first kappa shape index (κ1) is 15.3. The van der Waals surface area contributed by atoms with E-state index in [2.05, 4.69) is 10.3 Å². The minimum atomic E-state index is -1.13. The minimum Gasteiger partial charge on any atom is -0.441 e. The molecule has 1 aromatic carbocycles. The highest BCUT2D eigenvalue weighted by Gasteiger charge is 2.44. The molecule has 0 unspecified atom stereocenters. The van der Waals surface area contributed by atoms with Gasteiger partial charge in [-0.05, 0) is 25.5 Å². The fraction of sp³-hybridized carbons (Fsp3) is 0.500. The van der Waals surface area contributed by atoms with Gasteiger partial charge in [-0.2, -0.15) is 0 Å². The maximum Gasteiger partial charge on any atom is 0.231 e. The lowest BCUT2D eigenvalue weighted by Gasteiger charge is -2.36. The average molecular weight is 300 g/mol. The average Bonchev–Trinajstić information content (AvgIpc) is 3.05. The molecule has 1 fully saturated rings. The molecule has 1 aromatic heterocycles. The highest BCUT2D eigenvalue weighted by atomic mass is 16.4. The third kappa shape index (κ3) is 2.81. The Morgan fingerprint density at radius 3 is 2.64 bits per heavy atom. The summed E-state index contributed by atoms with van der Waals surface area (Å²) in [4.78, 5) is 4.40. The second-order valence-corrected chi connectivity index (χ2v) is 6.13. The SMILES string of the molecule is CNCc1cnc([C@](O)(c2ccccc2)C2CCCCC2)o1. The quantitative estimate of drug-likeness (QED) is 0.890. The van der Waals surface area contributed by atoms with Crippen LogP contribution in [0.25, 0.3) is 0 Å². The molecular weight excluding hydrogens is 276 g/mol. The third-order valence-electron chi connectivity index (χ3n) is 4.64. The van der Waals surface area contributed by atoms with Crippen LogP contribution in [-0.4, -0.2) is 17.1 Å². The molecule has 1 saturated carbocycles. The van der Waals surface area contributed by atoms with Crippen molar-refractivity contribution in [1.29, 1.82) is 0 Å². The van der Waals surface area contributed by atoms with Crippen LogP contribution in [0.1, 0.15) is 49.3 Å². The molecule has 1 atom stereocenters. The molecule has 0 spiro atoms. The first-order valence-corrected chi connectivity index (χ1v) is 8.13. The smallest absolute Gasteiger partial charge is 0.231 e. The molecule has 22 heavy (non-hydrogen) atoms.